The van der Waals surface area contributed by atoms with Gasteiger partial charge in [-0.25, -0.2) is 4.39 Å². The van der Waals surface area contributed by atoms with Gasteiger partial charge >= 0.3 is 0 Å². The Morgan fingerprint density at radius 3 is 2.33 bits per heavy atom. The summed E-state index contributed by atoms with van der Waals surface area (Å²) in [6.07, 6.45) is 9.51. The van der Waals surface area contributed by atoms with Crippen molar-refractivity contribution in [3.8, 4) is 0 Å². The molecule has 1 aliphatic carbocycles. The average Bonchev–Trinajstić information content (AvgIpc) is 2.45. The zero-order valence-corrected chi connectivity index (χ0v) is 13.8. The molecule has 2 heteroatoms. The second kappa shape index (κ2) is 7.93. The predicted molar refractivity (Wildman–Crippen MR) is 88.1 cm³/mol. The minimum absolute atomic E-state index is 0.115. The summed E-state index contributed by atoms with van der Waals surface area (Å²) in [6, 6.07) is 3.72. The second-order valence-corrected chi connectivity index (χ2v) is 6.64. The van der Waals surface area contributed by atoms with Crippen molar-refractivity contribution in [2.45, 2.75) is 71.8 Å². The topological polar surface area (TPSA) is 12.0 Å². The molecule has 1 aromatic rings. The first kappa shape index (κ1) is 16.5. The summed E-state index contributed by atoms with van der Waals surface area (Å²) < 4.78 is 13.5. The summed E-state index contributed by atoms with van der Waals surface area (Å²) in [6.45, 7) is 7.19. The monoisotopic (exact) mass is 291 g/mol. The minimum Gasteiger partial charge on any atom is -0.310 e. The van der Waals surface area contributed by atoms with Gasteiger partial charge < -0.3 is 5.32 Å². The van der Waals surface area contributed by atoms with Crippen molar-refractivity contribution in [2.24, 2.45) is 5.92 Å². The molecule has 1 aromatic carbocycles. The molecule has 2 rings (SSSR count). The van der Waals surface area contributed by atoms with E-state index in [0.717, 1.165) is 23.6 Å². The molecule has 0 aliphatic heterocycles. The van der Waals surface area contributed by atoms with Gasteiger partial charge in [-0.1, -0.05) is 39.0 Å². The number of aryl methyl sites for hydroxylation is 2. The number of halogens is 1. The Hall–Kier alpha value is -0.890. The third kappa shape index (κ3) is 4.54. The molecule has 1 atom stereocenters. The van der Waals surface area contributed by atoms with Crippen LogP contribution in [0.2, 0.25) is 0 Å². The highest BCUT2D eigenvalue weighted by molar-refractivity contribution is 5.36. The highest BCUT2D eigenvalue weighted by Crippen LogP contribution is 2.32. The lowest BCUT2D eigenvalue weighted by Gasteiger charge is -2.27. The highest BCUT2D eigenvalue weighted by Gasteiger charge is 2.19. The lowest BCUT2D eigenvalue weighted by molar-refractivity contribution is 0.314. The maximum Gasteiger partial charge on any atom is 0.123 e. The molecule has 1 aliphatic rings. The van der Waals surface area contributed by atoms with Crippen LogP contribution in [-0.4, -0.2) is 6.54 Å². The highest BCUT2D eigenvalue weighted by atomic mass is 19.1. The molecule has 118 valence electrons. The van der Waals surface area contributed by atoms with Crippen LogP contribution in [0.5, 0.6) is 0 Å². The van der Waals surface area contributed by atoms with E-state index in [1.807, 2.05) is 13.8 Å². The Balaban J connectivity index is 2.07. The van der Waals surface area contributed by atoms with Gasteiger partial charge in [0.05, 0.1) is 0 Å². The van der Waals surface area contributed by atoms with Crippen molar-refractivity contribution in [3.63, 3.8) is 0 Å². The number of nitrogens with one attached hydrogen (secondary N) is 1. The zero-order chi connectivity index (χ0) is 15.2. The quantitative estimate of drug-likeness (QED) is 0.734. The number of rotatable bonds is 6. The van der Waals surface area contributed by atoms with E-state index < -0.39 is 0 Å². The molecule has 0 aromatic heterocycles. The maximum absolute atomic E-state index is 13.5. The normalized spacial score (nSPS) is 17.9. The van der Waals surface area contributed by atoms with E-state index in [0.29, 0.717) is 6.04 Å². The van der Waals surface area contributed by atoms with E-state index in [-0.39, 0.29) is 5.82 Å². The first-order valence-corrected chi connectivity index (χ1v) is 8.61. The molecule has 0 heterocycles. The molecule has 0 radical (unpaired) electrons. The van der Waals surface area contributed by atoms with Gasteiger partial charge in [0.15, 0.2) is 0 Å². The van der Waals surface area contributed by atoms with E-state index in [9.17, 15) is 4.39 Å². The van der Waals surface area contributed by atoms with Crippen molar-refractivity contribution in [3.05, 3.63) is 34.6 Å². The molecule has 1 fully saturated rings. The van der Waals surface area contributed by atoms with E-state index in [4.69, 9.17) is 0 Å². The third-order valence-electron chi connectivity index (χ3n) is 4.95. The van der Waals surface area contributed by atoms with Crippen LogP contribution in [-0.2, 0) is 0 Å². The van der Waals surface area contributed by atoms with Gasteiger partial charge in [-0.2, -0.15) is 0 Å². The molecule has 21 heavy (non-hydrogen) atoms. The summed E-state index contributed by atoms with van der Waals surface area (Å²) in [7, 11) is 0. The summed E-state index contributed by atoms with van der Waals surface area (Å²) in [5, 5.41) is 3.62. The van der Waals surface area contributed by atoms with Crippen LogP contribution >= 0.6 is 0 Å². The van der Waals surface area contributed by atoms with Crippen LogP contribution < -0.4 is 5.32 Å². The van der Waals surface area contributed by atoms with E-state index in [1.54, 1.807) is 12.1 Å². The molecule has 1 nitrogen and oxygen atoms in total. The molecular formula is C19H30FN. The molecule has 1 N–H and O–H groups in total. The standard InChI is InChI=1S/C19H30FN/c1-4-21-18(11-10-16-8-6-5-7-9-16)19-14(2)12-17(20)13-15(19)3/h12-13,16,18,21H,4-11H2,1-3H3. The largest absolute Gasteiger partial charge is 0.310 e. The Morgan fingerprint density at radius 2 is 1.76 bits per heavy atom. The minimum atomic E-state index is -0.115. The Kier molecular flexibility index (Phi) is 6.22. The molecule has 0 saturated heterocycles. The van der Waals surface area contributed by atoms with Crippen molar-refractivity contribution in [1.82, 2.24) is 5.32 Å². The van der Waals surface area contributed by atoms with Crippen LogP contribution in [0.1, 0.15) is 74.6 Å². The molecule has 0 amide bonds. The lowest BCUT2D eigenvalue weighted by Crippen LogP contribution is -2.24. The van der Waals surface area contributed by atoms with Crippen molar-refractivity contribution >= 4 is 0 Å². The summed E-state index contributed by atoms with van der Waals surface area (Å²) >= 11 is 0. The van der Waals surface area contributed by atoms with Gasteiger partial charge in [0.1, 0.15) is 5.82 Å². The number of hydrogen-bond donors (Lipinski definition) is 1. The SMILES string of the molecule is CCNC(CCC1CCCCC1)c1c(C)cc(F)cc1C. The summed E-state index contributed by atoms with van der Waals surface area (Å²) in [4.78, 5) is 0. The van der Waals surface area contributed by atoms with Crippen molar-refractivity contribution in [2.75, 3.05) is 6.54 Å². The van der Waals surface area contributed by atoms with Crippen LogP contribution in [0, 0.1) is 25.6 Å². The smallest absolute Gasteiger partial charge is 0.123 e. The Labute approximate surface area is 129 Å². The second-order valence-electron chi connectivity index (χ2n) is 6.64. The fraction of sp³-hybridized carbons (Fsp3) is 0.684. The number of benzene rings is 1. The number of hydrogen-bond acceptors (Lipinski definition) is 1. The van der Waals surface area contributed by atoms with Crippen LogP contribution in [0.3, 0.4) is 0 Å². The Morgan fingerprint density at radius 1 is 1.14 bits per heavy atom. The van der Waals surface area contributed by atoms with E-state index in [2.05, 4.69) is 12.2 Å². The van der Waals surface area contributed by atoms with Crippen LogP contribution in [0.4, 0.5) is 4.39 Å². The first-order chi connectivity index (χ1) is 10.1. The zero-order valence-electron chi connectivity index (χ0n) is 13.8. The fourth-order valence-corrected chi connectivity index (χ4v) is 3.94. The third-order valence-corrected chi connectivity index (χ3v) is 4.95. The van der Waals surface area contributed by atoms with Gasteiger partial charge in [0.2, 0.25) is 0 Å². The Bertz CT molecular complexity index is 426. The van der Waals surface area contributed by atoms with Crippen LogP contribution in [0.15, 0.2) is 12.1 Å². The molecule has 1 unspecified atom stereocenters. The molecule has 0 spiro atoms. The van der Waals surface area contributed by atoms with Crippen LogP contribution in [0.25, 0.3) is 0 Å². The molecule has 0 bridgehead atoms. The summed E-state index contributed by atoms with van der Waals surface area (Å²) in [5.41, 5.74) is 3.48. The van der Waals surface area contributed by atoms with Gasteiger partial charge in [-0.15, -0.1) is 0 Å². The van der Waals surface area contributed by atoms with Gasteiger partial charge in [-0.05, 0) is 68.0 Å². The first-order valence-electron chi connectivity index (χ1n) is 8.61. The van der Waals surface area contributed by atoms with Gasteiger partial charge in [-0.3, -0.25) is 0 Å². The fourth-order valence-electron chi connectivity index (χ4n) is 3.94. The van der Waals surface area contributed by atoms with Crippen molar-refractivity contribution in [1.29, 1.82) is 0 Å². The van der Waals surface area contributed by atoms with E-state index in [1.165, 1.54) is 50.5 Å². The van der Waals surface area contributed by atoms with Gasteiger partial charge in [0.25, 0.3) is 0 Å². The summed E-state index contributed by atoms with van der Waals surface area (Å²) in [5.74, 6) is 0.789. The predicted octanol–water partition coefficient (Wildman–Crippen LogP) is 5.45. The average molecular weight is 291 g/mol. The molecule has 1 saturated carbocycles. The lowest BCUT2D eigenvalue weighted by atomic mass is 9.83. The maximum atomic E-state index is 13.5. The van der Waals surface area contributed by atoms with E-state index >= 15 is 0 Å². The molecular weight excluding hydrogens is 261 g/mol. The van der Waals surface area contributed by atoms with Crippen molar-refractivity contribution < 1.29 is 4.39 Å². The van der Waals surface area contributed by atoms with Gasteiger partial charge in [0, 0.05) is 6.04 Å².